The second-order valence-electron chi connectivity index (χ2n) is 8.57. The third-order valence-corrected chi connectivity index (χ3v) is 5.75. The van der Waals surface area contributed by atoms with Crippen molar-refractivity contribution in [1.29, 1.82) is 0 Å². The Morgan fingerprint density at radius 3 is 2.24 bits per heavy atom. The highest BCUT2D eigenvalue weighted by atomic mass is 19.4. The quantitative estimate of drug-likeness (QED) is 0.431. The number of anilines is 1. The summed E-state index contributed by atoms with van der Waals surface area (Å²) in [6, 6.07) is 9.46. The van der Waals surface area contributed by atoms with Crippen molar-refractivity contribution >= 4 is 28.5 Å². The van der Waals surface area contributed by atoms with Crippen LogP contribution in [0.25, 0.3) is 10.9 Å². The first kappa shape index (κ1) is 27.2. The van der Waals surface area contributed by atoms with E-state index < -0.39 is 54.0 Å². The van der Waals surface area contributed by atoms with Gasteiger partial charge in [0.05, 0.1) is 29.3 Å². The first-order chi connectivity index (χ1) is 17.9. The van der Waals surface area contributed by atoms with Crippen molar-refractivity contribution < 1.29 is 45.4 Å². The fourth-order valence-corrected chi connectivity index (χ4v) is 3.81. The molecule has 2 atom stereocenters. The summed E-state index contributed by atoms with van der Waals surface area (Å²) in [6.07, 6.45) is -9.08. The topological polar surface area (TPSA) is 89.5 Å². The molecule has 1 aliphatic rings. The molecule has 2 heterocycles. The van der Waals surface area contributed by atoms with Crippen LogP contribution in [0.2, 0.25) is 0 Å². The number of pyridine rings is 1. The number of amides is 2. The maximum atomic E-state index is 12.9. The molecule has 1 aliphatic heterocycles. The zero-order valence-electron chi connectivity index (χ0n) is 19.5. The zero-order valence-corrected chi connectivity index (χ0v) is 19.5. The minimum atomic E-state index is -4.48. The van der Waals surface area contributed by atoms with Crippen LogP contribution in [0.3, 0.4) is 0 Å². The van der Waals surface area contributed by atoms with Crippen LogP contribution in [0.4, 0.5) is 32.2 Å². The van der Waals surface area contributed by atoms with Gasteiger partial charge < -0.3 is 20.1 Å². The monoisotopic (exact) mass is 541 g/mol. The summed E-state index contributed by atoms with van der Waals surface area (Å²) in [5.74, 6) is -0.732. The van der Waals surface area contributed by atoms with Gasteiger partial charge in [0.25, 0.3) is 11.8 Å². The van der Waals surface area contributed by atoms with E-state index in [1.807, 2.05) is 0 Å². The van der Waals surface area contributed by atoms with Gasteiger partial charge in [-0.15, -0.1) is 0 Å². The van der Waals surface area contributed by atoms with Crippen LogP contribution in [0, 0.1) is 0 Å². The van der Waals surface area contributed by atoms with Gasteiger partial charge in [-0.05, 0) is 67.4 Å². The fourth-order valence-electron chi connectivity index (χ4n) is 3.81. The molecule has 4 rings (SSSR count). The number of benzene rings is 2. The Kier molecular flexibility index (Phi) is 7.76. The largest absolute Gasteiger partial charge is 0.484 e. The van der Waals surface area contributed by atoms with Crippen molar-refractivity contribution in [1.82, 2.24) is 10.3 Å². The van der Waals surface area contributed by atoms with E-state index in [2.05, 4.69) is 15.6 Å². The van der Waals surface area contributed by atoms with Crippen LogP contribution in [0.5, 0.6) is 5.75 Å². The zero-order chi connectivity index (χ0) is 27.5. The van der Waals surface area contributed by atoms with E-state index in [0.29, 0.717) is 6.42 Å². The van der Waals surface area contributed by atoms with Crippen molar-refractivity contribution in [3.05, 3.63) is 65.7 Å². The van der Waals surface area contributed by atoms with Crippen molar-refractivity contribution in [3.8, 4) is 5.75 Å². The molecule has 2 N–H and O–H groups in total. The number of fused-ring (bicyclic) bond motifs is 1. The molecule has 13 heteroatoms. The van der Waals surface area contributed by atoms with Crippen molar-refractivity contribution in [2.75, 3.05) is 18.5 Å². The first-order valence-electron chi connectivity index (χ1n) is 11.4. The summed E-state index contributed by atoms with van der Waals surface area (Å²) >= 11 is 0. The lowest BCUT2D eigenvalue weighted by molar-refractivity contribution is -0.138. The van der Waals surface area contributed by atoms with E-state index in [4.69, 9.17) is 9.47 Å². The summed E-state index contributed by atoms with van der Waals surface area (Å²) in [5.41, 5.74) is -1.35. The molecule has 0 spiro atoms. The maximum Gasteiger partial charge on any atom is 0.416 e. The number of halogens is 6. The number of carbonyl (C=O) groups is 2. The normalized spacial score (nSPS) is 18.2. The molecular weight excluding hydrogens is 520 g/mol. The number of rotatable bonds is 6. The number of carbonyl (C=O) groups excluding carboxylic acids is 2. The van der Waals surface area contributed by atoms with Gasteiger partial charge in [0.15, 0.2) is 6.61 Å². The molecule has 0 unspecified atom stereocenters. The predicted octanol–water partition coefficient (Wildman–Crippen LogP) is 4.95. The Hall–Kier alpha value is -3.87. The summed E-state index contributed by atoms with van der Waals surface area (Å²) in [6.45, 7) is -0.376. The van der Waals surface area contributed by atoms with Crippen molar-refractivity contribution in [2.24, 2.45) is 0 Å². The molecule has 0 bridgehead atoms. The molecule has 0 aliphatic carbocycles. The maximum absolute atomic E-state index is 12.9. The Balaban J connectivity index is 1.22. The molecular formula is C25H21F6N3O4. The van der Waals surface area contributed by atoms with Gasteiger partial charge in [-0.25, -0.2) is 4.98 Å². The highest BCUT2D eigenvalue weighted by Gasteiger charge is 2.31. The Morgan fingerprint density at radius 2 is 1.61 bits per heavy atom. The molecule has 38 heavy (non-hydrogen) atoms. The first-order valence-corrected chi connectivity index (χ1v) is 11.4. The number of alkyl halides is 6. The van der Waals surface area contributed by atoms with E-state index in [9.17, 15) is 35.9 Å². The molecule has 0 radical (unpaired) electrons. The molecule has 1 aromatic heterocycles. The van der Waals surface area contributed by atoms with Crippen molar-refractivity contribution in [2.45, 2.75) is 37.3 Å². The van der Waals surface area contributed by atoms with Gasteiger partial charge in [0, 0.05) is 5.39 Å². The molecule has 1 fully saturated rings. The average molecular weight is 541 g/mol. The molecule has 2 aromatic carbocycles. The number of ether oxygens (including phenoxy) is 2. The lowest BCUT2D eigenvalue weighted by Gasteiger charge is -2.28. The van der Waals surface area contributed by atoms with E-state index in [0.717, 1.165) is 36.4 Å². The van der Waals surface area contributed by atoms with Gasteiger partial charge in [0.2, 0.25) is 0 Å². The summed E-state index contributed by atoms with van der Waals surface area (Å²) in [4.78, 5) is 28.9. The van der Waals surface area contributed by atoms with Crippen LogP contribution in [-0.4, -0.2) is 42.2 Å². The lowest BCUT2D eigenvalue weighted by atomic mass is 10.0. The van der Waals surface area contributed by atoms with Gasteiger partial charge in [0.1, 0.15) is 17.7 Å². The third-order valence-electron chi connectivity index (χ3n) is 5.75. The number of aromatic nitrogens is 1. The predicted molar refractivity (Wildman–Crippen MR) is 123 cm³/mol. The third kappa shape index (κ3) is 6.91. The molecule has 0 saturated carbocycles. The summed E-state index contributed by atoms with van der Waals surface area (Å²) < 4.78 is 87.2. The average Bonchev–Trinajstić information content (AvgIpc) is 2.86. The number of hydrogen-bond donors (Lipinski definition) is 2. The fraction of sp³-hybridized carbons (Fsp3) is 0.320. The molecule has 7 nitrogen and oxygen atoms in total. The Bertz CT molecular complexity index is 1300. The molecule has 3 aromatic rings. The Morgan fingerprint density at radius 1 is 0.921 bits per heavy atom. The second kappa shape index (κ2) is 10.9. The van der Waals surface area contributed by atoms with Crippen LogP contribution < -0.4 is 15.4 Å². The van der Waals surface area contributed by atoms with Crippen LogP contribution in [0.15, 0.2) is 54.6 Å². The highest BCUT2D eigenvalue weighted by Crippen LogP contribution is 2.32. The van der Waals surface area contributed by atoms with Crippen LogP contribution >= 0.6 is 0 Å². The van der Waals surface area contributed by atoms with Gasteiger partial charge in [-0.2, -0.15) is 26.3 Å². The van der Waals surface area contributed by atoms with E-state index in [1.54, 1.807) is 0 Å². The van der Waals surface area contributed by atoms with E-state index >= 15 is 0 Å². The van der Waals surface area contributed by atoms with Gasteiger partial charge in [-0.1, -0.05) is 0 Å². The van der Waals surface area contributed by atoms with Gasteiger partial charge in [-0.3, -0.25) is 9.59 Å². The SMILES string of the molecule is O=C(COc1ccc(C(F)(F)F)cc1)N[C@@H]1CC[C@@H](C(=O)Nc2ccc3cc(C(F)(F)F)ccc3n2)OC1. The number of nitrogens with zero attached hydrogens (tertiary/aromatic N) is 1. The summed E-state index contributed by atoms with van der Waals surface area (Å²) in [5, 5.41) is 5.53. The second-order valence-corrected chi connectivity index (χ2v) is 8.57. The smallest absolute Gasteiger partial charge is 0.416 e. The van der Waals surface area contributed by atoms with Gasteiger partial charge >= 0.3 is 12.4 Å². The minimum Gasteiger partial charge on any atom is -0.484 e. The van der Waals surface area contributed by atoms with Crippen LogP contribution in [-0.2, 0) is 26.7 Å². The molecule has 2 amide bonds. The molecule has 1 saturated heterocycles. The Labute approximate surface area is 212 Å². The number of nitrogens with one attached hydrogen (secondary N) is 2. The molecule has 202 valence electrons. The van der Waals surface area contributed by atoms with Crippen LogP contribution in [0.1, 0.15) is 24.0 Å². The minimum absolute atomic E-state index is 0.0372. The van der Waals surface area contributed by atoms with Crippen molar-refractivity contribution in [3.63, 3.8) is 0 Å². The summed E-state index contributed by atoms with van der Waals surface area (Å²) in [7, 11) is 0. The van der Waals surface area contributed by atoms with E-state index in [-0.39, 0.29) is 35.5 Å². The highest BCUT2D eigenvalue weighted by molar-refractivity contribution is 5.94. The standard InChI is InChI=1S/C25H21F6N3O4/c26-24(27,28)15-2-6-18(7-3-15)37-13-22(35)32-17-5-9-20(38-12-17)23(36)34-21-10-1-14-11-16(25(29,30)31)4-8-19(14)33-21/h1-4,6-8,10-11,17,20H,5,9,12-13H2,(H,32,35)(H,33,34,36)/t17-,20+/m1/s1. The number of hydrogen-bond acceptors (Lipinski definition) is 5. The van der Waals surface area contributed by atoms with E-state index in [1.165, 1.54) is 18.2 Å². The lowest BCUT2D eigenvalue weighted by Crippen LogP contribution is -2.47.